The number of nitrogens with zero attached hydrogens (tertiary/aromatic N) is 2. The Kier molecular flexibility index (Phi) is 6.04. The first-order valence-corrected chi connectivity index (χ1v) is 8.46. The molecule has 0 radical (unpaired) electrons. The Hall–Kier alpha value is -1.09. The molecule has 0 bridgehead atoms. The third-order valence-electron chi connectivity index (χ3n) is 4.62. The van der Waals surface area contributed by atoms with Crippen LogP contribution in [-0.2, 0) is 6.54 Å². The largest absolute Gasteiger partial charge is 0.356 e. The molecule has 1 aliphatic carbocycles. The zero-order valence-electron chi connectivity index (χ0n) is 14.1. The van der Waals surface area contributed by atoms with Crippen molar-refractivity contribution in [2.45, 2.75) is 59.0 Å². The average molecular weight is 289 g/mol. The second-order valence-corrected chi connectivity index (χ2v) is 6.99. The quantitative estimate of drug-likeness (QED) is 0.862. The monoisotopic (exact) mass is 289 g/mol. The molecule has 0 spiro atoms. The van der Waals surface area contributed by atoms with E-state index in [2.05, 4.69) is 55.2 Å². The van der Waals surface area contributed by atoms with Crippen LogP contribution in [0.1, 0.15) is 52.0 Å². The minimum atomic E-state index is 0.649. The summed E-state index contributed by atoms with van der Waals surface area (Å²) in [4.78, 5) is 7.06. The lowest BCUT2D eigenvalue weighted by Gasteiger charge is -2.37. The van der Waals surface area contributed by atoms with Gasteiger partial charge in [0.25, 0.3) is 0 Å². The molecule has 0 saturated heterocycles. The Labute approximate surface area is 130 Å². The van der Waals surface area contributed by atoms with E-state index in [9.17, 15) is 0 Å². The maximum atomic E-state index is 4.67. The van der Waals surface area contributed by atoms with Crippen molar-refractivity contribution in [1.29, 1.82) is 0 Å². The molecule has 0 aliphatic heterocycles. The predicted octanol–water partition coefficient (Wildman–Crippen LogP) is 3.84. The lowest BCUT2D eigenvalue weighted by Crippen LogP contribution is -2.39. The molecular weight excluding hydrogens is 258 g/mol. The molecule has 1 fully saturated rings. The number of aromatic nitrogens is 1. The molecule has 1 aromatic rings. The maximum absolute atomic E-state index is 4.67. The topological polar surface area (TPSA) is 28.2 Å². The van der Waals surface area contributed by atoms with E-state index in [0.717, 1.165) is 24.8 Å². The van der Waals surface area contributed by atoms with Gasteiger partial charge in [-0.05, 0) is 42.9 Å². The van der Waals surface area contributed by atoms with Gasteiger partial charge in [-0.1, -0.05) is 39.7 Å². The Balaban J connectivity index is 1.91. The summed E-state index contributed by atoms with van der Waals surface area (Å²) in [5.41, 5.74) is 1.27. The van der Waals surface area contributed by atoms with Crippen LogP contribution in [0.5, 0.6) is 0 Å². The van der Waals surface area contributed by atoms with E-state index in [-0.39, 0.29) is 0 Å². The van der Waals surface area contributed by atoms with E-state index < -0.39 is 0 Å². The third-order valence-corrected chi connectivity index (χ3v) is 4.62. The minimum Gasteiger partial charge on any atom is -0.356 e. The van der Waals surface area contributed by atoms with Gasteiger partial charge in [-0.2, -0.15) is 0 Å². The van der Waals surface area contributed by atoms with Crippen LogP contribution in [0.15, 0.2) is 18.3 Å². The SMILES string of the molecule is CC(C)CNCc1ccc(N(C)C2CCCCC2C)nc1. The fraction of sp³-hybridized carbons (Fsp3) is 0.722. The Morgan fingerprint density at radius 3 is 2.67 bits per heavy atom. The van der Waals surface area contributed by atoms with Crippen molar-refractivity contribution in [3.63, 3.8) is 0 Å². The fourth-order valence-electron chi connectivity index (χ4n) is 3.28. The van der Waals surface area contributed by atoms with Gasteiger partial charge < -0.3 is 10.2 Å². The number of anilines is 1. The molecule has 118 valence electrons. The molecule has 21 heavy (non-hydrogen) atoms. The molecule has 0 amide bonds. The van der Waals surface area contributed by atoms with Crippen LogP contribution in [0.3, 0.4) is 0 Å². The number of nitrogens with one attached hydrogen (secondary N) is 1. The Morgan fingerprint density at radius 1 is 1.29 bits per heavy atom. The molecule has 3 heteroatoms. The van der Waals surface area contributed by atoms with Crippen LogP contribution < -0.4 is 10.2 Å². The molecule has 1 aromatic heterocycles. The first-order valence-electron chi connectivity index (χ1n) is 8.46. The summed E-state index contributed by atoms with van der Waals surface area (Å²) >= 11 is 0. The van der Waals surface area contributed by atoms with Crippen molar-refractivity contribution in [2.75, 3.05) is 18.5 Å². The molecule has 1 aliphatic rings. The van der Waals surface area contributed by atoms with Gasteiger partial charge in [-0.3, -0.25) is 0 Å². The Morgan fingerprint density at radius 2 is 2.05 bits per heavy atom. The first-order chi connectivity index (χ1) is 10.1. The van der Waals surface area contributed by atoms with E-state index >= 15 is 0 Å². The van der Waals surface area contributed by atoms with E-state index in [1.807, 2.05) is 6.20 Å². The van der Waals surface area contributed by atoms with Gasteiger partial charge in [0.15, 0.2) is 0 Å². The average Bonchev–Trinajstić information content (AvgIpc) is 2.47. The lowest BCUT2D eigenvalue weighted by atomic mass is 9.85. The zero-order valence-corrected chi connectivity index (χ0v) is 14.1. The summed E-state index contributed by atoms with van der Waals surface area (Å²) in [5, 5.41) is 3.47. The van der Waals surface area contributed by atoms with Gasteiger partial charge in [0, 0.05) is 25.8 Å². The predicted molar refractivity (Wildman–Crippen MR) is 90.6 cm³/mol. The molecule has 2 unspecified atom stereocenters. The van der Waals surface area contributed by atoms with Gasteiger partial charge in [0.1, 0.15) is 5.82 Å². The molecule has 2 atom stereocenters. The summed E-state index contributed by atoms with van der Waals surface area (Å²) < 4.78 is 0. The second kappa shape index (κ2) is 7.79. The first kappa shape index (κ1) is 16.3. The number of hydrogen-bond donors (Lipinski definition) is 1. The summed E-state index contributed by atoms with van der Waals surface area (Å²) in [7, 11) is 2.20. The van der Waals surface area contributed by atoms with Gasteiger partial charge in [0.05, 0.1) is 0 Å². The van der Waals surface area contributed by atoms with Crippen molar-refractivity contribution >= 4 is 5.82 Å². The Bertz CT molecular complexity index is 413. The summed E-state index contributed by atoms with van der Waals surface area (Å²) in [6, 6.07) is 5.03. The molecule has 2 rings (SSSR count). The van der Waals surface area contributed by atoms with Crippen LogP contribution in [0.25, 0.3) is 0 Å². The van der Waals surface area contributed by atoms with Gasteiger partial charge >= 0.3 is 0 Å². The van der Waals surface area contributed by atoms with Crippen LogP contribution in [0, 0.1) is 11.8 Å². The minimum absolute atomic E-state index is 0.649. The number of hydrogen-bond acceptors (Lipinski definition) is 3. The van der Waals surface area contributed by atoms with Crippen LogP contribution >= 0.6 is 0 Å². The highest BCUT2D eigenvalue weighted by Gasteiger charge is 2.25. The van der Waals surface area contributed by atoms with E-state index in [0.29, 0.717) is 12.0 Å². The maximum Gasteiger partial charge on any atom is 0.128 e. The highest BCUT2D eigenvalue weighted by molar-refractivity contribution is 5.40. The standard InChI is InChI=1S/C18H31N3/c1-14(2)11-19-12-16-9-10-18(20-13-16)21(4)17-8-6-5-7-15(17)3/h9-10,13-15,17,19H,5-8,11-12H2,1-4H3. The van der Waals surface area contributed by atoms with Crippen LogP contribution in [0.4, 0.5) is 5.82 Å². The normalized spacial score (nSPS) is 22.5. The molecule has 3 nitrogen and oxygen atoms in total. The van der Waals surface area contributed by atoms with Crippen LogP contribution in [-0.4, -0.2) is 24.6 Å². The molecule has 1 heterocycles. The molecule has 0 aromatic carbocycles. The number of rotatable bonds is 6. The summed E-state index contributed by atoms with van der Waals surface area (Å²) in [6.07, 6.45) is 7.42. The van der Waals surface area contributed by atoms with E-state index in [1.54, 1.807) is 0 Å². The summed E-state index contributed by atoms with van der Waals surface area (Å²) in [5.74, 6) is 2.58. The third kappa shape index (κ3) is 4.70. The van der Waals surface area contributed by atoms with Gasteiger partial charge in [0.2, 0.25) is 0 Å². The number of pyridine rings is 1. The van der Waals surface area contributed by atoms with E-state index in [1.165, 1.54) is 31.2 Å². The van der Waals surface area contributed by atoms with Crippen molar-refractivity contribution in [2.24, 2.45) is 11.8 Å². The molecule has 1 saturated carbocycles. The van der Waals surface area contributed by atoms with Gasteiger partial charge in [-0.25, -0.2) is 4.98 Å². The highest BCUT2D eigenvalue weighted by Crippen LogP contribution is 2.29. The highest BCUT2D eigenvalue weighted by atomic mass is 15.2. The fourth-order valence-corrected chi connectivity index (χ4v) is 3.28. The van der Waals surface area contributed by atoms with E-state index in [4.69, 9.17) is 0 Å². The molecule has 1 N–H and O–H groups in total. The van der Waals surface area contributed by atoms with Crippen molar-refractivity contribution in [1.82, 2.24) is 10.3 Å². The van der Waals surface area contributed by atoms with Crippen molar-refractivity contribution in [3.05, 3.63) is 23.9 Å². The van der Waals surface area contributed by atoms with Crippen LogP contribution in [0.2, 0.25) is 0 Å². The van der Waals surface area contributed by atoms with Gasteiger partial charge in [-0.15, -0.1) is 0 Å². The second-order valence-electron chi connectivity index (χ2n) is 6.99. The van der Waals surface area contributed by atoms with Crippen molar-refractivity contribution < 1.29 is 0 Å². The summed E-state index contributed by atoms with van der Waals surface area (Å²) in [6.45, 7) is 8.81. The smallest absolute Gasteiger partial charge is 0.128 e. The molecular formula is C18H31N3. The zero-order chi connectivity index (χ0) is 15.2. The van der Waals surface area contributed by atoms with Crippen molar-refractivity contribution in [3.8, 4) is 0 Å². The lowest BCUT2D eigenvalue weighted by molar-refractivity contribution is 0.320.